The van der Waals surface area contributed by atoms with Gasteiger partial charge in [0.15, 0.2) is 0 Å². The minimum Gasteiger partial charge on any atom is -0.396 e. The van der Waals surface area contributed by atoms with Crippen LogP contribution in [0.1, 0.15) is 49.1 Å². The number of halogens is 4. The smallest absolute Gasteiger partial charge is 0.237 e. The quantitative estimate of drug-likeness (QED) is 0.259. The third kappa shape index (κ3) is 6.14. The minimum atomic E-state index is -1.82. The molecule has 220 valence electrons. The molecule has 4 rings (SSSR count). The molecule has 6 atom stereocenters. The number of rotatable bonds is 10. The van der Waals surface area contributed by atoms with Crippen molar-refractivity contribution in [3.05, 3.63) is 81.4 Å². The van der Waals surface area contributed by atoms with Gasteiger partial charge in [0.05, 0.1) is 29.8 Å². The van der Waals surface area contributed by atoms with Crippen molar-refractivity contribution in [3.8, 4) is 6.07 Å². The van der Waals surface area contributed by atoms with Crippen LogP contribution >= 0.6 is 23.2 Å². The number of hydrogen-bond donors (Lipinski definition) is 5. The number of hydrogen-bond acceptors (Lipinski definition) is 6. The van der Waals surface area contributed by atoms with Gasteiger partial charge >= 0.3 is 0 Å². The van der Waals surface area contributed by atoms with Crippen LogP contribution in [0.15, 0.2) is 48.6 Å². The molecule has 1 fully saturated rings. The zero-order valence-corrected chi connectivity index (χ0v) is 23.8. The monoisotopic (exact) mass is 607 g/mol. The SMILES string of the molecule is N#C[C@]1(c2ccc(Cl)cc2F)[C@H](CC2(CO)CC=CCC2)N[C@@H](C(=O)NCC[C@H](O)CO)[C@@H]1c1cccc(Cl)c1F. The fourth-order valence-electron chi connectivity index (χ4n) is 6.28. The Balaban J connectivity index is 1.91. The fraction of sp³-hybridized carbons (Fsp3) is 0.467. The van der Waals surface area contributed by atoms with Gasteiger partial charge in [-0.3, -0.25) is 4.79 Å². The first-order chi connectivity index (χ1) is 19.6. The van der Waals surface area contributed by atoms with Crippen molar-refractivity contribution in [1.82, 2.24) is 10.6 Å². The molecule has 2 aliphatic rings. The van der Waals surface area contributed by atoms with Gasteiger partial charge in [-0.1, -0.05) is 53.6 Å². The second kappa shape index (κ2) is 13.2. The highest BCUT2D eigenvalue weighted by Crippen LogP contribution is 2.54. The van der Waals surface area contributed by atoms with Crippen molar-refractivity contribution in [1.29, 1.82) is 5.26 Å². The number of nitriles is 1. The molecular weight excluding hydrogens is 575 g/mol. The van der Waals surface area contributed by atoms with E-state index in [1.165, 1.54) is 30.3 Å². The van der Waals surface area contributed by atoms with E-state index in [0.717, 1.165) is 6.07 Å². The summed E-state index contributed by atoms with van der Waals surface area (Å²) in [7, 11) is 0. The molecule has 1 aliphatic carbocycles. The van der Waals surface area contributed by atoms with Gasteiger partial charge in [0.2, 0.25) is 5.91 Å². The zero-order valence-electron chi connectivity index (χ0n) is 22.3. The van der Waals surface area contributed by atoms with Crippen molar-refractivity contribution in [3.63, 3.8) is 0 Å². The fourth-order valence-corrected chi connectivity index (χ4v) is 6.62. The number of carbonyl (C=O) groups is 1. The van der Waals surface area contributed by atoms with Gasteiger partial charge in [-0.25, -0.2) is 8.78 Å². The van der Waals surface area contributed by atoms with Gasteiger partial charge in [0, 0.05) is 35.7 Å². The molecule has 1 unspecified atom stereocenters. The second-order valence-corrected chi connectivity index (χ2v) is 11.8. The van der Waals surface area contributed by atoms with Crippen LogP contribution in [0.5, 0.6) is 0 Å². The highest BCUT2D eigenvalue weighted by molar-refractivity contribution is 6.31. The zero-order chi connectivity index (χ0) is 29.8. The number of carbonyl (C=O) groups excluding carboxylic acids is 1. The maximum absolute atomic E-state index is 15.8. The number of benzene rings is 2. The molecule has 7 nitrogen and oxygen atoms in total. The van der Waals surface area contributed by atoms with Crippen LogP contribution in [0, 0.1) is 28.4 Å². The Labute approximate surface area is 247 Å². The van der Waals surface area contributed by atoms with Crippen molar-refractivity contribution in [2.75, 3.05) is 19.8 Å². The lowest BCUT2D eigenvalue weighted by Gasteiger charge is -2.41. The topological polar surface area (TPSA) is 126 Å². The number of aliphatic hydroxyl groups is 3. The summed E-state index contributed by atoms with van der Waals surface area (Å²) in [6, 6.07) is 8.35. The first kappa shape index (κ1) is 31.4. The molecule has 1 amide bonds. The van der Waals surface area contributed by atoms with Crippen LogP contribution in [0.3, 0.4) is 0 Å². The van der Waals surface area contributed by atoms with E-state index < -0.39 is 59.1 Å². The molecule has 0 bridgehead atoms. The lowest BCUT2D eigenvalue weighted by Crippen LogP contribution is -2.47. The third-order valence-corrected chi connectivity index (χ3v) is 8.96. The van der Waals surface area contributed by atoms with Crippen LogP contribution < -0.4 is 10.6 Å². The Kier molecular flexibility index (Phi) is 10.1. The third-order valence-electron chi connectivity index (χ3n) is 8.43. The molecule has 0 saturated carbocycles. The summed E-state index contributed by atoms with van der Waals surface area (Å²) in [5.74, 6) is -3.46. The molecule has 1 heterocycles. The molecule has 0 spiro atoms. The molecule has 1 aliphatic heterocycles. The van der Waals surface area contributed by atoms with E-state index in [0.29, 0.717) is 19.3 Å². The number of aliphatic hydroxyl groups excluding tert-OH is 3. The van der Waals surface area contributed by atoms with Crippen molar-refractivity contribution >= 4 is 29.1 Å². The van der Waals surface area contributed by atoms with Crippen molar-refractivity contribution in [2.24, 2.45) is 5.41 Å². The van der Waals surface area contributed by atoms with Crippen LogP contribution in [-0.4, -0.2) is 59.2 Å². The normalized spacial score (nSPS) is 28.3. The van der Waals surface area contributed by atoms with E-state index in [4.69, 9.17) is 28.3 Å². The largest absolute Gasteiger partial charge is 0.396 e. The molecule has 41 heavy (non-hydrogen) atoms. The average Bonchev–Trinajstić information content (AvgIpc) is 3.28. The van der Waals surface area contributed by atoms with Crippen LogP contribution in [0.2, 0.25) is 10.0 Å². The molecule has 2 aromatic rings. The van der Waals surface area contributed by atoms with Crippen LogP contribution in [-0.2, 0) is 10.2 Å². The Hall–Kier alpha value is -2.58. The van der Waals surface area contributed by atoms with E-state index in [2.05, 4.69) is 16.7 Å². The van der Waals surface area contributed by atoms with E-state index >= 15 is 8.78 Å². The summed E-state index contributed by atoms with van der Waals surface area (Å²) in [5, 5.41) is 46.2. The molecule has 0 radical (unpaired) electrons. The maximum Gasteiger partial charge on any atom is 0.237 e. The Morgan fingerprint density at radius 1 is 1.22 bits per heavy atom. The maximum atomic E-state index is 15.8. The van der Waals surface area contributed by atoms with E-state index in [1.54, 1.807) is 0 Å². The van der Waals surface area contributed by atoms with E-state index in [-0.39, 0.29) is 47.2 Å². The number of amides is 1. The van der Waals surface area contributed by atoms with E-state index in [9.17, 15) is 20.3 Å². The summed E-state index contributed by atoms with van der Waals surface area (Å²) in [4.78, 5) is 13.7. The van der Waals surface area contributed by atoms with Gasteiger partial charge in [-0.15, -0.1) is 0 Å². The van der Waals surface area contributed by atoms with Crippen molar-refractivity contribution < 1.29 is 28.9 Å². The van der Waals surface area contributed by atoms with E-state index in [1.807, 2.05) is 12.2 Å². The molecule has 0 aromatic heterocycles. The Bertz CT molecular complexity index is 1340. The summed E-state index contributed by atoms with van der Waals surface area (Å²) in [6.07, 6.45) is 4.98. The van der Waals surface area contributed by atoms with Crippen LogP contribution in [0.25, 0.3) is 0 Å². The first-order valence-corrected chi connectivity index (χ1v) is 14.3. The standard InChI is InChI=1S/C30H33Cl2F2N3O4/c31-18-7-8-21(23(33)13-18)30(16-35)24(14-29(17-39)10-2-1-3-11-29)37-27(28(41)36-12-9-19(40)15-38)25(30)20-5-4-6-22(32)26(20)34/h1-2,4-8,13,19,24-25,27,37-40H,3,9-12,14-15,17H2,(H,36,41)/t19-,24-,25-,27+,29?,30-/m0/s1. The van der Waals surface area contributed by atoms with Gasteiger partial charge in [-0.05, 0) is 61.3 Å². The van der Waals surface area contributed by atoms with Gasteiger partial charge in [-0.2, -0.15) is 5.26 Å². The van der Waals surface area contributed by atoms with Crippen LogP contribution in [0.4, 0.5) is 8.78 Å². The molecule has 2 aromatic carbocycles. The Morgan fingerprint density at radius 3 is 2.63 bits per heavy atom. The number of allylic oxidation sites excluding steroid dienone is 2. The summed E-state index contributed by atoms with van der Waals surface area (Å²) in [5.41, 5.74) is -2.58. The average molecular weight is 609 g/mol. The number of nitrogens with one attached hydrogen (secondary N) is 2. The molecule has 11 heteroatoms. The molecule has 1 saturated heterocycles. The lowest BCUT2D eigenvalue weighted by atomic mass is 9.61. The highest BCUT2D eigenvalue weighted by Gasteiger charge is 2.61. The summed E-state index contributed by atoms with van der Waals surface area (Å²) in [6.45, 7) is -0.693. The summed E-state index contributed by atoms with van der Waals surface area (Å²) < 4.78 is 31.6. The minimum absolute atomic E-state index is 0.00557. The second-order valence-electron chi connectivity index (χ2n) is 10.9. The predicted octanol–water partition coefficient (Wildman–Crippen LogP) is 4.13. The Morgan fingerprint density at radius 2 is 2.00 bits per heavy atom. The molecule has 5 N–H and O–H groups in total. The number of nitrogens with zero attached hydrogens (tertiary/aromatic N) is 1. The van der Waals surface area contributed by atoms with Crippen molar-refractivity contribution in [2.45, 2.75) is 61.6 Å². The molecular formula is C30H33Cl2F2N3O4. The highest BCUT2D eigenvalue weighted by atomic mass is 35.5. The lowest BCUT2D eigenvalue weighted by molar-refractivity contribution is -0.123. The van der Waals surface area contributed by atoms with Gasteiger partial charge in [0.25, 0.3) is 0 Å². The van der Waals surface area contributed by atoms with Gasteiger partial charge in [0.1, 0.15) is 17.0 Å². The first-order valence-electron chi connectivity index (χ1n) is 13.5. The predicted molar refractivity (Wildman–Crippen MR) is 151 cm³/mol. The van der Waals surface area contributed by atoms with Gasteiger partial charge < -0.3 is 26.0 Å². The summed E-state index contributed by atoms with van der Waals surface area (Å²) >= 11 is 12.2.